The van der Waals surface area contributed by atoms with Crippen molar-refractivity contribution in [3.8, 4) is 5.75 Å². The summed E-state index contributed by atoms with van der Waals surface area (Å²) < 4.78 is 5.82. The number of carbonyl (C=O) groups is 1. The predicted octanol–water partition coefficient (Wildman–Crippen LogP) is 3.51. The monoisotopic (exact) mass is 357 g/mol. The zero-order chi connectivity index (χ0) is 17.9. The summed E-state index contributed by atoms with van der Waals surface area (Å²) >= 11 is 1.59. The molecule has 1 aliphatic heterocycles. The lowest BCUT2D eigenvalue weighted by Gasteiger charge is -2.26. The van der Waals surface area contributed by atoms with Gasteiger partial charge in [0.05, 0.1) is 5.37 Å². The van der Waals surface area contributed by atoms with E-state index in [1.54, 1.807) is 11.8 Å². The minimum absolute atomic E-state index is 0.0153. The van der Waals surface area contributed by atoms with Crippen LogP contribution < -0.4 is 10.1 Å². The molecule has 25 heavy (non-hydrogen) atoms. The van der Waals surface area contributed by atoms with Crippen LogP contribution in [0.25, 0.3) is 0 Å². The Morgan fingerprint density at radius 2 is 1.80 bits per heavy atom. The van der Waals surface area contributed by atoms with Crippen molar-refractivity contribution in [1.29, 1.82) is 0 Å². The summed E-state index contributed by atoms with van der Waals surface area (Å²) in [6, 6.07) is 18.1. The zero-order valence-electron chi connectivity index (χ0n) is 14.4. The van der Waals surface area contributed by atoms with Gasteiger partial charge in [-0.2, -0.15) is 0 Å². The Hall–Kier alpha value is -1.98. The molecule has 0 bridgehead atoms. The standard InChI is InChI=1S/C20H23NO3S/c1-20(2,14-6-4-3-5-7-14)15-8-10-16(11-9-15)24-12-18-21-17(13-25-18)19(22)23/h3-11,17-18,21H,12-13H2,1-2H3,(H,22,23). The van der Waals surface area contributed by atoms with Gasteiger partial charge in [-0.25, -0.2) is 0 Å². The molecule has 2 N–H and O–H groups in total. The maximum Gasteiger partial charge on any atom is 0.321 e. The van der Waals surface area contributed by atoms with E-state index in [2.05, 4.69) is 55.6 Å². The van der Waals surface area contributed by atoms with Crippen molar-refractivity contribution >= 4 is 17.7 Å². The smallest absolute Gasteiger partial charge is 0.321 e. The summed E-state index contributed by atoms with van der Waals surface area (Å²) in [5, 5.41) is 12.1. The predicted molar refractivity (Wildman–Crippen MR) is 101 cm³/mol. The van der Waals surface area contributed by atoms with E-state index in [4.69, 9.17) is 9.84 Å². The number of ether oxygens (including phenoxy) is 1. The fourth-order valence-electron chi connectivity index (χ4n) is 2.93. The maximum absolute atomic E-state index is 11.0. The third kappa shape index (κ3) is 4.17. The summed E-state index contributed by atoms with van der Waals surface area (Å²) in [7, 11) is 0. The van der Waals surface area contributed by atoms with Gasteiger partial charge in [-0.05, 0) is 23.3 Å². The molecular weight excluding hydrogens is 334 g/mol. The van der Waals surface area contributed by atoms with E-state index in [-0.39, 0.29) is 10.8 Å². The van der Waals surface area contributed by atoms with Crippen LogP contribution in [0, 0.1) is 0 Å². The average molecular weight is 357 g/mol. The first-order valence-electron chi connectivity index (χ1n) is 8.36. The molecule has 3 rings (SSSR count). The minimum atomic E-state index is -0.803. The number of aliphatic carboxylic acids is 1. The van der Waals surface area contributed by atoms with E-state index < -0.39 is 12.0 Å². The molecule has 0 spiro atoms. The Labute approximate surface area is 152 Å². The van der Waals surface area contributed by atoms with E-state index in [1.807, 2.05) is 18.2 Å². The number of hydrogen-bond acceptors (Lipinski definition) is 4. The highest BCUT2D eigenvalue weighted by Gasteiger charge is 2.29. The van der Waals surface area contributed by atoms with Crippen molar-refractivity contribution in [3.05, 3.63) is 65.7 Å². The van der Waals surface area contributed by atoms with E-state index in [0.29, 0.717) is 12.4 Å². The van der Waals surface area contributed by atoms with Gasteiger partial charge in [0, 0.05) is 11.2 Å². The number of carboxylic acids is 1. The molecule has 132 valence electrons. The molecule has 2 aromatic rings. The molecule has 1 aliphatic rings. The summed E-state index contributed by atoms with van der Waals surface area (Å²) in [6.45, 7) is 4.88. The summed E-state index contributed by atoms with van der Waals surface area (Å²) in [5.74, 6) is 0.574. The minimum Gasteiger partial charge on any atom is -0.491 e. The number of nitrogens with one attached hydrogen (secondary N) is 1. The third-order valence-corrected chi connectivity index (χ3v) is 5.82. The number of thioether (sulfide) groups is 1. The molecule has 0 aromatic heterocycles. The number of rotatable bonds is 6. The van der Waals surface area contributed by atoms with Crippen LogP contribution in [0.5, 0.6) is 5.75 Å². The largest absolute Gasteiger partial charge is 0.491 e. The Kier molecular flexibility index (Phi) is 5.35. The van der Waals surface area contributed by atoms with Crippen LogP contribution in [0.2, 0.25) is 0 Å². The fourth-order valence-corrected chi connectivity index (χ4v) is 4.02. The van der Waals surface area contributed by atoms with Crippen molar-refractivity contribution in [2.45, 2.75) is 30.7 Å². The summed E-state index contributed by atoms with van der Waals surface area (Å²) in [4.78, 5) is 11.0. The lowest BCUT2D eigenvalue weighted by atomic mass is 9.78. The van der Waals surface area contributed by atoms with Gasteiger partial charge in [0.15, 0.2) is 0 Å². The topological polar surface area (TPSA) is 58.6 Å². The molecule has 1 heterocycles. The van der Waals surface area contributed by atoms with Gasteiger partial charge in [-0.3, -0.25) is 10.1 Å². The Bertz CT molecular complexity index is 715. The molecule has 5 heteroatoms. The second-order valence-corrected chi connectivity index (χ2v) is 7.94. The maximum atomic E-state index is 11.0. The molecule has 0 saturated carbocycles. The fraction of sp³-hybridized carbons (Fsp3) is 0.350. The first-order chi connectivity index (χ1) is 12.0. The van der Waals surface area contributed by atoms with E-state index in [1.165, 1.54) is 11.1 Å². The SMILES string of the molecule is CC(C)(c1ccccc1)c1ccc(OCC2NC(C(=O)O)CS2)cc1. The van der Waals surface area contributed by atoms with Crippen LogP contribution in [-0.2, 0) is 10.2 Å². The molecule has 2 aromatic carbocycles. The highest BCUT2D eigenvalue weighted by atomic mass is 32.2. The normalized spacial score (nSPS) is 20.4. The van der Waals surface area contributed by atoms with Crippen LogP contribution >= 0.6 is 11.8 Å². The van der Waals surface area contributed by atoms with Gasteiger partial charge in [-0.1, -0.05) is 56.3 Å². The van der Waals surface area contributed by atoms with Gasteiger partial charge in [-0.15, -0.1) is 11.8 Å². The van der Waals surface area contributed by atoms with Gasteiger partial charge in [0.1, 0.15) is 18.4 Å². The van der Waals surface area contributed by atoms with Crippen molar-refractivity contribution in [1.82, 2.24) is 5.32 Å². The number of benzene rings is 2. The highest BCUT2D eigenvalue weighted by Crippen LogP contribution is 2.32. The van der Waals surface area contributed by atoms with Crippen LogP contribution in [0.15, 0.2) is 54.6 Å². The molecule has 4 nitrogen and oxygen atoms in total. The third-order valence-electron chi connectivity index (χ3n) is 4.62. The zero-order valence-corrected chi connectivity index (χ0v) is 15.3. The van der Waals surface area contributed by atoms with Crippen molar-refractivity contribution in [2.24, 2.45) is 0 Å². The second kappa shape index (κ2) is 7.50. The molecule has 0 radical (unpaired) electrons. The van der Waals surface area contributed by atoms with Crippen LogP contribution in [-0.4, -0.2) is 34.9 Å². The second-order valence-electron chi connectivity index (χ2n) is 6.71. The first-order valence-corrected chi connectivity index (χ1v) is 9.41. The lowest BCUT2D eigenvalue weighted by molar-refractivity contribution is -0.138. The number of hydrogen-bond donors (Lipinski definition) is 2. The first kappa shape index (κ1) is 17.8. The molecular formula is C20H23NO3S. The Balaban J connectivity index is 1.60. The van der Waals surface area contributed by atoms with Crippen molar-refractivity contribution in [3.63, 3.8) is 0 Å². The van der Waals surface area contributed by atoms with Crippen LogP contribution in [0.1, 0.15) is 25.0 Å². The average Bonchev–Trinajstić information content (AvgIpc) is 3.10. The van der Waals surface area contributed by atoms with E-state index in [0.717, 1.165) is 5.75 Å². The highest BCUT2D eigenvalue weighted by molar-refractivity contribution is 8.00. The van der Waals surface area contributed by atoms with Gasteiger partial charge >= 0.3 is 5.97 Å². The molecule has 0 aliphatic carbocycles. The summed E-state index contributed by atoms with van der Waals surface area (Å²) in [5.41, 5.74) is 2.43. The quantitative estimate of drug-likeness (QED) is 0.829. The molecule has 1 saturated heterocycles. The van der Waals surface area contributed by atoms with Crippen molar-refractivity contribution < 1.29 is 14.6 Å². The van der Waals surface area contributed by atoms with Crippen molar-refractivity contribution in [2.75, 3.05) is 12.4 Å². The molecule has 1 fully saturated rings. The van der Waals surface area contributed by atoms with E-state index in [9.17, 15) is 4.79 Å². The molecule has 2 atom stereocenters. The Morgan fingerprint density at radius 1 is 1.16 bits per heavy atom. The number of carboxylic acid groups (broad SMARTS) is 1. The lowest BCUT2D eigenvalue weighted by Crippen LogP contribution is -2.38. The van der Waals surface area contributed by atoms with Gasteiger partial charge in [0.2, 0.25) is 0 Å². The van der Waals surface area contributed by atoms with Crippen LogP contribution in [0.4, 0.5) is 0 Å². The van der Waals surface area contributed by atoms with Crippen LogP contribution in [0.3, 0.4) is 0 Å². The van der Waals surface area contributed by atoms with E-state index >= 15 is 0 Å². The van der Waals surface area contributed by atoms with Gasteiger partial charge < -0.3 is 9.84 Å². The van der Waals surface area contributed by atoms with Gasteiger partial charge in [0.25, 0.3) is 0 Å². The summed E-state index contributed by atoms with van der Waals surface area (Å²) in [6.07, 6.45) is 0. The molecule has 0 amide bonds. The Morgan fingerprint density at radius 3 is 2.40 bits per heavy atom. The molecule has 2 unspecified atom stereocenters.